The van der Waals surface area contributed by atoms with E-state index >= 15 is 0 Å². The van der Waals surface area contributed by atoms with Crippen molar-refractivity contribution in [1.82, 2.24) is 15.1 Å². The summed E-state index contributed by atoms with van der Waals surface area (Å²) in [5.74, 6) is 0. The molecule has 2 aliphatic rings. The van der Waals surface area contributed by atoms with Crippen molar-refractivity contribution >= 4 is 5.69 Å². The fourth-order valence-electron chi connectivity index (χ4n) is 4.10. The number of piperazine rings is 2. The van der Waals surface area contributed by atoms with Gasteiger partial charge in [0.2, 0.25) is 0 Å². The van der Waals surface area contributed by atoms with Gasteiger partial charge in [-0.05, 0) is 29.7 Å². The molecule has 0 bridgehead atoms. The second kappa shape index (κ2) is 9.36. The normalized spacial score (nSPS) is 19.3. The molecule has 0 atom stereocenters. The van der Waals surface area contributed by atoms with Crippen molar-refractivity contribution in [1.29, 1.82) is 0 Å². The van der Waals surface area contributed by atoms with Gasteiger partial charge in [0.1, 0.15) is 0 Å². The Morgan fingerprint density at radius 1 is 0.667 bits per heavy atom. The Bertz CT molecular complexity index is 671. The minimum Gasteiger partial charge on any atom is -0.369 e. The Balaban J connectivity index is 1.23. The maximum absolute atomic E-state index is 3.42. The molecule has 4 heteroatoms. The van der Waals surface area contributed by atoms with E-state index in [9.17, 15) is 0 Å². The van der Waals surface area contributed by atoms with E-state index in [0.717, 1.165) is 65.3 Å². The lowest BCUT2D eigenvalue weighted by Crippen LogP contribution is -2.47. The van der Waals surface area contributed by atoms with Crippen LogP contribution in [0.15, 0.2) is 54.6 Å². The van der Waals surface area contributed by atoms with Crippen LogP contribution in [0.5, 0.6) is 0 Å². The maximum Gasteiger partial charge on any atom is 0.0367 e. The second-order valence-corrected chi connectivity index (χ2v) is 7.76. The van der Waals surface area contributed by atoms with Crippen molar-refractivity contribution in [2.45, 2.75) is 13.0 Å². The first kappa shape index (κ1) is 18.5. The number of hydrogen-bond acceptors (Lipinski definition) is 4. The van der Waals surface area contributed by atoms with Crippen LogP contribution in [0.3, 0.4) is 0 Å². The van der Waals surface area contributed by atoms with Crippen molar-refractivity contribution in [2.75, 3.05) is 63.8 Å². The van der Waals surface area contributed by atoms with Gasteiger partial charge in [-0.2, -0.15) is 0 Å². The van der Waals surface area contributed by atoms with E-state index in [1.54, 1.807) is 0 Å². The summed E-state index contributed by atoms with van der Waals surface area (Å²) in [6.45, 7) is 11.4. The summed E-state index contributed by atoms with van der Waals surface area (Å²) >= 11 is 0. The summed E-state index contributed by atoms with van der Waals surface area (Å²) in [7, 11) is 0. The van der Waals surface area contributed by atoms with Gasteiger partial charge < -0.3 is 10.2 Å². The fourth-order valence-corrected chi connectivity index (χ4v) is 4.10. The molecule has 27 heavy (non-hydrogen) atoms. The molecule has 4 rings (SSSR count). The van der Waals surface area contributed by atoms with Gasteiger partial charge in [-0.1, -0.05) is 42.5 Å². The molecule has 0 saturated carbocycles. The lowest BCUT2D eigenvalue weighted by molar-refractivity contribution is 0.233. The smallest absolute Gasteiger partial charge is 0.0367 e. The molecule has 2 aliphatic heterocycles. The van der Waals surface area contributed by atoms with Crippen LogP contribution in [0.1, 0.15) is 11.1 Å². The van der Waals surface area contributed by atoms with Crippen molar-refractivity contribution in [2.24, 2.45) is 0 Å². The Labute approximate surface area is 163 Å². The predicted octanol–water partition coefficient (Wildman–Crippen LogP) is 2.46. The van der Waals surface area contributed by atoms with E-state index in [4.69, 9.17) is 0 Å². The second-order valence-electron chi connectivity index (χ2n) is 7.76. The van der Waals surface area contributed by atoms with Gasteiger partial charge in [-0.3, -0.25) is 9.80 Å². The van der Waals surface area contributed by atoms with Gasteiger partial charge in [-0.15, -0.1) is 0 Å². The van der Waals surface area contributed by atoms with Crippen LogP contribution in [0.25, 0.3) is 0 Å². The van der Waals surface area contributed by atoms with Gasteiger partial charge in [0.05, 0.1) is 0 Å². The molecular formula is C23H32N4. The van der Waals surface area contributed by atoms with Crippen molar-refractivity contribution in [3.05, 3.63) is 65.7 Å². The molecule has 2 aromatic rings. The highest BCUT2D eigenvalue weighted by Gasteiger charge is 2.17. The molecule has 4 nitrogen and oxygen atoms in total. The highest BCUT2D eigenvalue weighted by molar-refractivity contribution is 5.48. The highest BCUT2D eigenvalue weighted by atomic mass is 15.3. The van der Waals surface area contributed by atoms with Crippen molar-refractivity contribution in [3.8, 4) is 0 Å². The molecule has 0 aliphatic carbocycles. The number of nitrogens with zero attached hydrogens (tertiary/aromatic N) is 3. The van der Waals surface area contributed by atoms with Crippen LogP contribution in [0.2, 0.25) is 0 Å². The van der Waals surface area contributed by atoms with E-state index in [2.05, 4.69) is 74.6 Å². The molecule has 2 heterocycles. The Morgan fingerprint density at radius 2 is 1.37 bits per heavy atom. The Kier molecular flexibility index (Phi) is 6.40. The summed E-state index contributed by atoms with van der Waals surface area (Å²) in [5.41, 5.74) is 4.25. The Hall–Kier alpha value is -1.88. The van der Waals surface area contributed by atoms with Crippen LogP contribution in [0, 0.1) is 0 Å². The van der Waals surface area contributed by atoms with E-state index in [1.807, 2.05) is 0 Å². The standard InChI is InChI=1S/C23H32N4/c1-2-4-21(5-3-1)10-13-25-16-18-27(19-17-25)23-8-6-22(7-9-23)20-26-14-11-24-12-15-26/h1-9,24H,10-20H2. The van der Waals surface area contributed by atoms with E-state index in [-0.39, 0.29) is 0 Å². The van der Waals surface area contributed by atoms with Crippen LogP contribution in [-0.4, -0.2) is 68.7 Å². The summed E-state index contributed by atoms with van der Waals surface area (Å²) in [6.07, 6.45) is 1.15. The van der Waals surface area contributed by atoms with E-state index in [0.29, 0.717) is 0 Å². The van der Waals surface area contributed by atoms with E-state index in [1.165, 1.54) is 23.4 Å². The topological polar surface area (TPSA) is 21.8 Å². The zero-order valence-corrected chi connectivity index (χ0v) is 16.3. The monoisotopic (exact) mass is 364 g/mol. The molecule has 0 aromatic heterocycles. The fraction of sp³-hybridized carbons (Fsp3) is 0.478. The molecule has 0 radical (unpaired) electrons. The first-order chi connectivity index (χ1) is 13.4. The SMILES string of the molecule is c1ccc(CCN2CCN(c3ccc(CN4CCNCC4)cc3)CC2)cc1. The predicted molar refractivity (Wildman–Crippen MR) is 113 cm³/mol. The first-order valence-corrected chi connectivity index (χ1v) is 10.4. The quantitative estimate of drug-likeness (QED) is 0.850. The molecule has 1 N–H and O–H groups in total. The zero-order valence-electron chi connectivity index (χ0n) is 16.3. The summed E-state index contributed by atoms with van der Waals surface area (Å²) in [6, 6.07) is 20.1. The summed E-state index contributed by atoms with van der Waals surface area (Å²) in [4.78, 5) is 7.67. The highest BCUT2D eigenvalue weighted by Crippen LogP contribution is 2.18. The average Bonchev–Trinajstić information content (AvgIpc) is 2.75. The number of benzene rings is 2. The number of anilines is 1. The molecule has 0 spiro atoms. The third-order valence-corrected chi connectivity index (χ3v) is 5.85. The van der Waals surface area contributed by atoms with Crippen LogP contribution < -0.4 is 10.2 Å². The van der Waals surface area contributed by atoms with Gasteiger partial charge in [0.25, 0.3) is 0 Å². The molecule has 0 unspecified atom stereocenters. The molecule has 0 amide bonds. The van der Waals surface area contributed by atoms with Gasteiger partial charge >= 0.3 is 0 Å². The largest absolute Gasteiger partial charge is 0.369 e. The van der Waals surface area contributed by atoms with E-state index < -0.39 is 0 Å². The van der Waals surface area contributed by atoms with Crippen LogP contribution in [-0.2, 0) is 13.0 Å². The third kappa shape index (κ3) is 5.32. The lowest BCUT2D eigenvalue weighted by atomic mass is 10.1. The molecule has 2 fully saturated rings. The first-order valence-electron chi connectivity index (χ1n) is 10.4. The molecule has 2 saturated heterocycles. The third-order valence-electron chi connectivity index (χ3n) is 5.85. The number of nitrogens with one attached hydrogen (secondary N) is 1. The van der Waals surface area contributed by atoms with Crippen molar-refractivity contribution < 1.29 is 0 Å². The Morgan fingerprint density at radius 3 is 2.07 bits per heavy atom. The minimum atomic E-state index is 1.08. The lowest BCUT2D eigenvalue weighted by Gasteiger charge is -2.36. The van der Waals surface area contributed by atoms with Crippen molar-refractivity contribution in [3.63, 3.8) is 0 Å². The van der Waals surface area contributed by atoms with Crippen LogP contribution in [0.4, 0.5) is 5.69 Å². The molecular weight excluding hydrogens is 332 g/mol. The number of rotatable bonds is 6. The number of hydrogen-bond donors (Lipinski definition) is 1. The van der Waals surface area contributed by atoms with Gasteiger partial charge in [-0.25, -0.2) is 0 Å². The summed E-state index contributed by atoms with van der Waals surface area (Å²) < 4.78 is 0. The summed E-state index contributed by atoms with van der Waals surface area (Å²) in [5, 5.41) is 3.42. The minimum absolute atomic E-state index is 1.08. The zero-order chi connectivity index (χ0) is 18.3. The molecule has 2 aromatic carbocycles. The van der Waals surface area contributed by atoms with Gasteiger partial charge in [0, 0.05) is 71.1 Å². The molecule has 144 valence electrons. The maximum atomic E-state index is 3.42. The van der Waals surface area contributed by atoms with Gasteiger partial charge in [0.15, 0.2) is 0 Å². The van der Waals surface area contributed by atoms with Crippen LogP contribution >= 0.6 is 0 Å². The average molecular weight is 365 g/mol.